The normalized spacial score (nSPS) is 10.9. The molecule has 2 heterocycles. The lowest BCUT2D eigenvalue weighted by Gasteiger charge is -2.10. The molecule has 2 aromatic heterocycles. The summed E-state index contributed by atoms with van der Waals surface area (Å²) in [5.41, 5.74) is 4.15. The molecular formula is C27H29FN4O3S. The number of hydrogen-bond donors (Lipinski definition) is 1. The van der Waals surface area contributed by atoms with E-state index in [0.29, 0.717) is 24.8 Å². The molecule has 0 atom stereocenters. The van der Waals surface area contributed by atoms with Crippen molar-refractivity contribution in [3.63, 3.8) is 0 Å². The second kappa shape index (κ2) is 11.9. The largest absolute Gasteiger partial charge is 0.497 e. The molecule has 9 heteroatoms. The first-order valence-electron chi connectivity index (χ1n) is 11.8. The Morgan fingerprint density at radius 1 is 1.03 bits per heavy atom. The molecule has 36 heavy (non-hydrogen) atoms. The van der Waals surface area contributed by atoms with Crippen molar-refractivity contribution >= 4 is 23.0 Å². The fourth-order valence-electron chi connectivity index (χ4n) is 3.61. The van der Waals surface area contributed by atoms with Gasteiger partial charge in [-0.25, -0.2) is 19.3 Å². The van der Waals surface area contributed by atoms with Crippen LogP contribution in [0.5, 0.6) is 11.5 Å². The molecule has 0 unspecified atom stereocenters. The van der Waals surface area contributed by atoms with E-state index in [2.05, 4.69) is 23.3 Å². The van der Waals surface area contributed by atoms with Gasteiger partial charge in [0, 0.05) is 30.1 Å². The minimum Gasteiger partial charge on any atom is -0.497 e. The van der Waals surface area contributed by atoms with E-state index in [0.717, 1.165) is 44.6 Å². The number of halogens is 1. The van der Waals surface area contributed by atoms with Crippen molar-refractivity contribution in [1.29, 1.82) is 0 Å². The number of ether oxygens (including phenoxy) is 3. The number of aromatic nitrogens is 3. The van der Waals surface area contributed by atoms with Crippen molar-refractivity contribution in [1.82, 2.24) is 15.0 Å². The highest BCUT2D eigenvalue weighted by molar-refractivity contribution is 7.15. The molecule has 2 aromatic carbocycles. The van der Waals surface area contributed by atoms with Crippen molar-refractivity contribution in [2.75, 3.05) is 32.2 Å². The van der Waals surface area contributed by atoms with Gasteiger partial charge < -0.3 is 19.5 Å². The van der Waals surface area contributed by atoms with Crippen LogP contribution in [0.3, 0.4) is 0 Å². The number of nitrogens with one attached hydrogen (secondary N) is 1. The van der Waals surface area contributed by atoms with Gasteiger partial charge in [-0.05, 0) is 62.2 Å². The maximum Gasteiger partial charge on any atom is 0.227 e. The summed E-state index contributed by atoms with van der Waals surface area (Å²) in [5.74, 6) is 0.832. The van der Waals surface area contributed by atoms with Crippen molar-refractivity contribution < 1.29 is 18.6 Å². The van der Waals surface area contributed by atoms with Crippen LogP contribution in [0.15, 0.2) is 48.7 Å². The Bertz CT molecular complexity index is 1330. The number of benzene rings is 2. The van der Waals surface area contributed by atoms with Crippen molar-refractivity contribution in [3.8, 4) is 33.3 Å². The molecule has 0 bridgehead atoms. The number of thiazole rings is 1. The molecule has 0 spiro atoms. The highest BCUT2D eigenvalue weighted by Crippen LogP contribution is 2.38. The summed E-state index contributed by atoms with van der Waals surface area (Å²) in [7, 11) is 1.66. The smallest absolute Gasteiger partial charge is 0.227 e. The number of rotatable bonds is 11. The highest BCUT2D eigenvalue weighted by atomic mass is 32.1. The average Bonchev–Trinajstić information content (AvgIpc) is 3.32. The monoisotopic (exact) mass is 508 g/mol. The summed E-state index contributed by atoms with van der Waals surface area (Å²) in [5, 5.41) is 4.10. The molecule has 0 saturated carbocycles. The zero-order valence-electron chi connectivity index (χ0n) is 20.8. The number of aryl methyl sites for hydroxylation is 2. The van der Waals surface area contributed by atoms with E-state index in [-0.39, 0.29) is 12.4 Å². The zero-order valence-corrected chi connectivity index (χ0v) is 21.6. The lowest BCUT2D eigenvalue weighted by atomic mass is 10.1. The quantitative estimate of drug-likeness (QED) is 0.233. The number of anilines is 2. The summed E-state index contributed by atoms with van der Waals surface area (Å²) < 4.78 is 30.6. The van der Waals surface area contributed by atoms with Gasteiger partial charge in [-0.1, -0.05) is 6.92 Å². The van der Waals surface area contributed by atoms with E-state index in [1.807, 2.05) is 32.0 Å². The predicted octanol–water partition coefficient (Wildman–Crippen LogP) is 6.44. The molecule has 0 fully saturated rings. The molecule has 0 saturated heterocycles. The Morgan fingerprint density at radius 2 is 1.89 bits per heavy atom. The molecule has 0 amide bonds. The molecule has 0 aliphatic carbocycles. The Balaban J connectivity index is 1.59. The zero-order chi connectivity index (χ0) is 25.5. The van der Waals surface area contributed by atoms with E-state index in [9.17, 15) is 4.39 Å². The first kappa shape index (κ1) is 25.5. The molecule has 188 valence electrons. The SMILES string of the molecule is CCOCCOc1ccc(Nc2nccc(-c3sc(CC)nc3-c3cc(C)cc(OC)c3)n2)cc1F. The minimum absolute atomic E-state index is 0.171. The van der Waals surface area contributed by atoms with Crippen LogP contribution in [0, 0.1) is 12.7 Å². The fraction of sp³-hybridized carbons (Fsp3) is 0.296. The van der Waals surface area contributed by atoms with Crippen LogP contribution < -0.4 is 14.8 Å². The van der Waals surface area contributed by atoms with Gasteiger partial charge in [0.25, 0.3) is 0 Å². The van der Waals surface area contributed by atoms with Gasteiger partial charge in [-0.15, -0.1) is 11.3 Å². The predicted molar refractivity (Wildman–Crippen MR) is 141 cm³/mol. The number of nitrogens with zero attached hydrogens (tertiary/aromatic N) is 3. The second-order valence-electron chi connectivity index (χ2n) is 7.96. The third-order valence-electron chi connectivity index (χ3n) is 5.30. The van der Waals surface area contributed by atoms with Crippen molar-refractivity contribution in [2.45, 2.75) is 27.2 Å². The van der Waals surface area contributed by atoms with Crippen LogP contribution in [-0.2, 0) is 11.2 Å². The number of methoxy groups -OCH3 is 1. The van der Waals surface area contributed by atoms with Crippen LogP contribution in [0.2, 0.25) is 0 Å². The summed E-state index contributed by atoms with van der Waals surface area (Å²) in [6.45, 7) is 7.29. The van der Waals surface area contributed by atoms with Crippen LogP contribution in [0.4, 0.5) is 16.0 Å². The molecule has 4 rings (SSSR count). The maximum atomic E-state index is 14.5. The van der Waals surface area contributed by atoms with Crippen molar-refractivity contribution in [3.05, 3.63) is 65.0 Å². The van der Waals surface area contributed by atoms with Crippen LogP contribution >= 0.6 is 11.3 Å². The van der Waals surface area contributed by atoms with Gasteiger partial charge in [-0.3, -0.25) is 0 Å². The van der Waals surface area contributed by atoms with Gasteiger partial charge >= 0.3 is 0 Å². The van der Waals surface area contributed by atoms with E-state index in [1.165, 1.54) is 6.07 Å². The van der Waals surface area contributed by atoms with E-state index < -0.39 is 5.82 Å². The maximum absolute atomic E-state index is 14.5. The topological polar surface area (TPSA) is 78.4 Å². The summed E-state index contributed by atoms with van der Waals surface area (Å²) in [6, 6.07) is 12.6. The Labute approximate surface area is 214 Å². The first-order valence-corrected chi connectivity index (χ1v) is 12.6. The fourth-order valence-corrected chi connectivity index (χ4v) is 4.61. The Hall–Kier alpha value is -3.56. The van der Waals surface area contributed by atoms with Crippen molar-refractivity contribution in [2.24, 2.45) is 0 Å². The Kier molecular flexibility index (Phi) is 8.45. The molecule has 4 aromatic rings. The second-order valence-corrected chi connectivity index (χ2v) is 9.04. The molecule has 0 aliphatic rings. The molecule has 0 aliphatic heterocycles. The highest BCUT2D eigenvalue weighted by Gasteiger charge is 2.17. The van der Waals surface area contributed by atoms with Crippen LogP contribution in [0.1, 0.15) is 24.4 Å². The lowest BCUT2D eigenvalue weighted by molar-refractivity contribution is 0.108. The first-order chi connectivity index (χ1) is 17.5. The van der Waals surface area contributed by atoms with E-state index >= 15 is 0 Å². The molecule has 1 N–H and O–H groups in total. The molecular weight excluding hydrogens is 479 g/mol. The Morgan fingerprint density at radius 3 is 2.64 bits per heavy atom. The summed E-state index contributed by atoms with van der Waals surface area (Å²) >= 11 is 1.60. The third kappa shape index (κ3) is 6.16. The van der Waals surface area contributed by atoms with Gasteiger partial charge in [0.15, 0.2) is 11.6 Å². The summed E-state index contributed by atoms with van der Waals surface area (Å²) in [4.78, 5) is 14.8. The standard InChI is InChI=1S/C27H29FN4O3S/c1-5-24-32-25(18-13-17(3)14-20(15-18)33-4)26(36-24)22-9-10-29-27(31-22)30-19-7-8-23(21(28)16-19)35-12-11-34-6-2/h7-10,13-16H,5-6,11-12H2,1-4H3,(H,29,30,31). The minimum atomic E-state index is -0.474. The average molecular weight is 509 g/mol. The van der Waals surface area contributed by atoms with E-state index in [1.54, 1.807) is 36.8 Å². The van der Waals surface area contributed by atoms with Gasteiger partial charge in [0.1, 0.15) is 12.4 Å². The molecule has 7 nitrogen and oxygen atoms in total. The van der Waals surface area contributed by atoms with Crippen LogP contribution in [-0.4, -0.2) is 41.9 Å². The summed E-state index contributed by atoms with van der Waals surface area (Å²) in [6.07, 6.45) is 2.49. The van der Waals surface area contributed by atoms with E-state index in [4.69, 9.17) is 24.2 Å². The van der Waals surface area contributed by atoms with Crippen LogP contribution in [0.25, 0.3) is 21.8 Å². The lowest BCUT2D eigenvalue weighted by Crippen LogP contribution is -2.07. The molecule has 0 radical (unpaired) electrons. The van der Waals surface area contributed by atoms with Gasteiger partial charge in [0.05, 0.1) is 35.0 Å². The number of hydrogen-bond acceptors (Lipinski definition) is 8. The third-order valence-corrected chi connectivity index (χ3v) is 6.52. The van der Waals surface area contributed by atoms with Gasteiger partial charge in [0.2, 0.25) is 5.95 Å². The van der Waals surface area contributed by atoms with Gasteiger partial charge in [-0.2, -0.15) is 0 Å².